The Hall–Kier alpha value is -2.18. The van der Waals surface area contributed by atoms with Crippen LogP contribution in [0.15, 0.2) is 54.6 Å². The molecule has 0 saturated carbocycles. The van der Waals surface area contributed by atoms with Gasteiger partial charge in [-0.25, -0.2) is 4.79 Å². The van der Waals surface area contributed by atoms with Crippen LogP contribution in [0, 0.1) is 0 Å². The summed E-state index contributed by atoms with van der Waals surface area (Å²) in [6.45, 7) is 0.369. The molecule has 0 N–H and O–H groups in total. The Balaban J connectivity index is 1.37. The van der Waals surface area contributed by atoms with Crippen LogP contribution in [0.25, 0.3) is 0 Å². The minimum absolute atomic E-state index is 0.00761. The number of halogens is 1. The van der Waals surface area contributed by atoms with Crippen LogP contribution in [0.3, 0.4) is 0 Å². The zero-order valence-corrected chi connectivity index (χ0v) is 16.7. The second-order valence-corrected chi connectivity index (χ2v) is 8.44. The van der Waals surface area contributed by atoms with Crippen LogP contribution in [0.4, 0.5) is 0 Å². The number of rotatable bonds is 6. The quantitative estimate of drug-likeness (QED) is 0.527. The summed E-state index contributed by atoms with van der Waals surface area (Å²) in [5.41, 5.74) is 1.06. The number of hydrogen-bond acceptors (Lipinski definition) is 5. The molecule has 2 aliphatic heterocycles. The van der Waals surface area contributed by atoms with Crippen molar-refractivity contribution in [2.75, 3.05) is 19.0 Å². The average Bonchev–Trinajstić information content (AvgIpc) is 3.26. The largest absolute Gasteiger partial charge is 0.490 e. The first-order valence-electron chi connectivity index (χ1n) is 9.17. The van der Waals surface area contributed by atoms with Crippen molar-refractivity contribution in [3.8, 4) is 5.75 Å². The molecule has 0 unspecified atom stereocenters. The molecule has 0 bridgehead atoms. The van der Waals surface area contributed by atoms with Crippen molar-refractivity contribution < 1.29 is 19.1 Å². The number of benzene rings is 2. The molecule has 7 heteroatoms. The van der Waals surface area contributed by atoms with Crippen LogP contribution < -0.4 is 4.74 Å². The fourth-order valence-electron chi connectivity index (χ4n) is 3.74. The van der Waals surface area contributed by atoms with Crippen molar-refractivity contribution in [2.24, 2.45) is 0 Å². The van der Waals surface area contributed by atoms with Gasteiger partial charge in [-0.1, -0.05) is 41.9 Å². The van der Waals surface area contributed by atoms with Crippen LogP contribution in [0.5, 0.6) is 5.75 Å². The van der Waals surface area contributed by atoms with Crippen LogP contribution in [-0.2, 0) is 19.2 Å². The monoisotopic (exact) mass is 417 g/mol. The topological polar surface area (TPSA) is 55.8 Å². The van der Waals surface area contributed by atoms with Crippen molar-refractivity contribution in [3.05, 3.63) is 65.2 Å². The van der Waals surface area contributed by atoms with E-state index in [0.717, 1.165) is 5.56 Å². The van der Waals surface area contributed by atoms with Crippen molar-refractivity contribution in [2.45, 2.75) is 23.8 Å². The number of nitrogens with zero attached hydrogens (tertiary/aromatic N) is 1. The van der Waals surface area contributed by atoms with E-state index in [9.17, 15) is 9.59 Å². The summed E-state index contributed by atoms with van der Waals surface area (Å²) in [4.78, 5) is 26.5. The van der Waals surface area contributed by atoms with E-state index in [2.05, 4.69) is 0 Å². The maximum absolute atomic E-state index is 12.7. The normalized spacial score (nSPS) is 23.5. The summed E-state index contributed by atoms with van der Waals surface area (Å²) >= 11 is 7.49. The zero-order valence-electron chi connectivity index (χ0n) is 15.2. The molecule has 2 fully saturated rings. The summed E-state index contributed by atoms with van der Waals surface area (Å²) in [5.74, 6) is 0.834. The Kier molecular flexibility index (Phi) is 5.51. The van der Waals surface area contributed by atoms with Gasteiger partial charge in [-0.2, -0.15) is 0 Å². The third kappa shape index (κ3) is 3.59. The summed E-state index contributed by atoms with van der Waals surface area (Å²) in [7, 11) is 0. The van der Waals surface area contributed by atoms with Gasteiger partial charge in [-0.3, -0.25) is 4.79 Å². The van der Waals surface area contributed by atoms with Crippen LogP contribution in [-0.4, -0.2) is 41.8 Å². The molecule has 2 aliphatic rings. The number of esters is 1. The van der Waals surface area contributed by atoms with Gasteiger partial charge in [0, 0.05) is 17.2 Å². The van der Waals surface area contributed by atoms with Gasteiger partial charge in [0.1, 0.15) is 29.9 Å². The Morgan fingerprint density at radius 2 is 1.89 bits per heavy atom. The molecule has 2 atom stereocenters. The highest BCUT2D eigenvalue weighted by molar-refractivity contribution is 8.00. The van der Waals surface area contributed by atoms with E-state index in [0.29, 0.717) is 29.4 Å². The number of carbonyl (C=O) groups is 2. The Labute approximate surface area is 172 Å². The van der Waals surface area contributed by atoms with Crippen LogP contribution in [0.1, 0.15) is 18.4 Å². The minimum Gasteiger partial charge on any atom is -0.490 e. The molecule has 2 aromatic carbocycles. The molecule has 2 heterocycles. The number of fused-ring (bicyclic) bond motifs is 1. The van der Waals surface area contributed by atoms with Gasteiger partial charge >= 0.3 is 5.97 Å². The molecule has 0 aliphatic carbocycles. The number of hydrogen-bond donors (Lipinski definition) is 0. The average molecular weight is 418 g/mol. The summed E-state index contributed by atoms with van der Waals surface area (Å²) in [6.07, 6.45) is 1.16. The SMILES string of the molecule is O=C(OCCOc1ccc(Cl)cc1)[C@@H]1CS[C@@]2(c3ccccc3)CCC(=O)N12. The maximum atomic E-state index is 12.7. The van der Waals surface area contributed by atoms with Gasteiger partial charge in [-0.05, 0) is 36.2 Å². The molecular formula is C21H20ClNO4S. The standard InChI is InChI=1S/C21H20ClNO4S/c22-16-6-8-17(9-7-16)26-12-13-27-20(25)18-14-28-21(11-10-19(24)23(18)21)15-4-2-1-3-5-15/h1-9,18H,10-14H2/t18-,21+/m0/s1. The van der Waals surface area contributed by atoms with Crippen LogP contribution >= 0.6 is 23.4 Å². The lowest BCUT2D eigenvalue weighted by Crippen LogP contribution is -2.46. The third-order valence-electron chi connectivity index (χ3n) is 5.03. The molecule has 2 aromatic rings. The lowest BCUT2D eigenvalue weighted by molar-refractivity contribution is -0.154. The molecule has 1 amide bonds. The highest BCUT2D eigenvalue weighted by Gasteiger charge is 2.57. The van der Waals surface area contributed by atoms with Crippen molar-refractivity contribution in [3.63, 3.8) is 0 Å². The van der Waals surface area contributed by atoms with E-state index in [4.69, 9.17) is 21.1 Å². The van der Waals surface area contributed by atoms with Gasteiger partial charge in [0.05, 0.1) is 0 Å². The second kappa shape index (κ2) is 8.05. The Morgan fingerprint density at radius 3 is 2.64 bits per heavy atom. The van der Waals surface area contributed by atoms with Crippen LogP contribution in [0.2, 0.25) is 5.02 Å². The minimum atomic E-state index is -0.560. The summed E-state index contributed by atoms with van der Waals surface area (Å²) in [6, 6.07) is 16.4. The highest BCUT2D eigenvalue weighted by atomic mass is 35.5. The molecule has 0 aromatic heterocycles. The molecule has 2 saturated heterocycles. The molecule has 4 rings (SSSR count). The maximum Gasteiger partial charge on any atom is 0.329 e. The van der Waals surface area contributed by atoms with Crippen molar-refractivity contribution in [1.82, 2.24) is 4.90 Å². The van der Waals surface area contributed by atoms with E-state index < -0.39 is 10.9 Å². The van der Waals surface area contributed by atoms with E-state index >= 15 is 0 Å². The number of amides is 1. The van der Waals surface area contributed by atoms with E-state index in [1.165, 1.54) is 0 Å². The summed E-state index contributed by atoms with van der Waals surface area (Å²) < 4.78 is 11.0. The van der Waals surface area contributed by atoms with Gasteiger partial charge in [0.15, 0.2) is 0 Å². The second-order valence-electron chi connectivity index (χ2n) is 6.71. The summed E-state index contributed by atoms with van der Waals surface area (Å²) in [5, 5.41) is 0.634. The molecule has 0 spiro atoms. The smallest absolute Gasteiger partial charge is 0.329 e. The fraction of sp³-hybridized carbons (Fsp3) is 0.333. The van der Waals surface area contributed by atoms with Gasteiger partial charge < -0.3 is 14.4 Å². The highest BCUT2D eigenvalue weighted by Crippen LogP contribution is 2.54. The lowest BCUT2D eigenvalue weighted by Gasteiger charge is -2.33. The molecule has 146 valence electrons. The molecule has 5 nitrogen and oxygen atoms in total. The van der Waals surface area contributed by atoms with E-state index in [-0.39, 0.29) is 25.1 Å². The Morgan fingerprint density at radius 1 is 1.14 bits per heavy atom. The number of thioether (sulfide) groups is 1. The van der Waals surface area contributed by atoms with Crippen molar-refractivity contribution >= 4 is 35.2 Å². The fourth-order valence-corrected chi connectivity index (χ4v) is 5.51. The predicted octanol–water partition coefficient (Wildman–Crippen LogP) is 3.85. The first-order valence-corrected chi connectivity index (χ1v) is 10.5. The Bertz CT molecular complexity index is 860. The van der Waals surface area contributed by atoms with E-state index in [1.54, 1.807) is 40.9 Å². The van der Waals surface area contributed by atoms with Gasteiger partial charge in [0.2, 0.25) is 5.91 Å². The van der Waals surface area contributed by atoms with Gasteiger partial charge in [-0.15, -0.1) is 11.8 Å². The number of ether oxygens (including phenoxy) is 2. The molecular weight excluding hydrogens is 398 g/mol. The lowest BCUT2D eigenvalue weighted by atomic mass is 10.0. The molecule has 28 heavy (non-hydrogen) atoms. The third-order valence-corrected chi connectivity index (χ3v) is 6.88. The zero-order chi connectivity index (χ0) is 19.6. The van der Waals surface area contributed by atoms with E-state index in [1.807, 2.05) is 30.3 Å². The number of carbonyl (C=O) groups excluding carboxylic acids is 2. The first-order chi connectivity index (χ1) is 13.6. The predicted molar refractivity (Wildman–Crippen MR) is 108 cm³/mol. The molecule has 0 radical (unpaired) electrons. The van der Waals surface area contributed by atoms with Crippen molar-refractivity contribution in [1.29, 1.82) is 0 Å². The van der Waals surface area contributed by atoms with Gasteiger partial charge in [0.25, 0.3) is 0 Å². The first kappa shape index (κ1) is 19.2.